The van der Waals surface area contributed by atoms with Gasteiger partial charge in [-0.2, -0.15) is 0 Å². The van der Waals surface area contributed by atoms with Gasteiger partial charge < -0.3 is 10.4 Å². The van der Waals surface area contributed by atoms with Gasteiger partial charge in [0.25, 0.3) is 0 Å². The van der Waals surface area contributed by atoms with E-state index in [2.05, 4.69) is 40.3 Å². The number of aliphatic hydroxyl groups excluding tert-OH is 1. The van der Waals surface area contributed by atoms with Gasteiger partial charge in [0, 0.05) is 29.5 Å². The summed E-state index contributed by atoms with van der Waals surface area (Å²) < 4.78 is 1.18. The van der Waals surface area contributed by atoms with E-state index in [4.69, 9.17) is 0 Å². The van der Waals surface area contributed by atoms with Gasteiger partial charge in [-0.1, -0.05) is 12.8 Å². The number of halogens is 1. The van der Waals surface area contributed by atoms with Gasteiger partial charge in [0.15, 0.2) is 0 Å². The number of rotatable bonds is 5. The number of thiophene rings is 1. The molecule has 0 bridgehead atoms. The smallest absolute Gasteiger partial charge is 0.0701 e. The molecule has 0 aliphatic heterocycles. The Morgan fingerprint density at radius 2 is 2.18 bits per heavy atom. The molecule has 1 atom stereocenters. The van der Waals surface area contributed by atoms with Crippen LogP contribution >= 0.6 is 27.3 Å². The molecule has 96 valence electrons. The van der Waals surface area contributed by atoms with Gasteiger partial charge in [0.2, 0.25) is 0 Å². The molecule has 2 nitrogen and oxygen atoms in total. The Kier molecular flexibility index (Phi) is 4.64. The van der Waals surface area contributed by atoms with Crippen molar-refractivity contribution in [3.63, 3.8) is 0 Å². The first-order chi connectivity index (χ1) is 8.15. The van der Waals surface area contributed by atoms with Gasteiger partial charge >= 0.3 is 0 Å². The molecule has 0 amide bonds. The lowest BCUT2D eigenvalue weighted by molar-refractivity contribution is 0.125. The maximum Gasteiger partial charge on any atom is 0.0701 e. The van der Waals surface area contributed by atoms with E-state index in [9.17, 15) is 5.11 Å². The molecule has 1 aliphatic carbocycles. The first kappa shape index (κ1) is 13.5. The molecule has 0 radical (unpaired) electrons. The third-order valence-electron chi connectivity index (χ3n) is 3.80. The highest BCUT2D eigenvalue weighted by Gasteiger charge is 2.33. The SMILES string of the molecule is CC(NCC1(CO)CCCC1)c1ccc(Br)s1. The average Bonchev–Trinajstić information content (AvgIpc) is 2.95. The van der Waals surface area contributed by atoms with E-state index >= 15 is 0 Å². The monoisotopic (exact) mass is 317 g/mol. The molecular weight excluding hydrogens is 298 g/mol. The van der Waals surface area contributed by atoms with Crippen molar-refractivity contribution in [1.29, 1.82) is 0 Å². The molecule has 1 aliphatic rings. The second kappa shape index (κ2) is 5.83. The van der Waals surface area contributed by atoms with Crippen LogP contribution < -0.4 is 5.32 Å². The maximum absolute atomic E-state index is 9.56. The van der Waals surface area contributed by atoms with Crippen molar-refractivity contribution in [3.8, 4) is 0 Å². The summed E-state index contributed by atoms with van der Waals surface area (Å²) in [7, 11) is 0. The Morgan fingerprint density at radius 1 is 1.47 bits per heavy atom. The van der Waals surface area contributed by atoms with E-state index in [1.54, 1.807) is 11.3 Å². The number of nitrogens with one attached hydrogen (secondary N) is 1. The van der Waals surface area contributed by atoms with Crippen molar-refractivity contribution < 1.29 is 5.11 Å². The lowest BCUT2D eigenvalue weighted by Crippen LogP contribution is -2.36. The third kappa shape index (κ3) is 3.31. The number of hydrogen-bond acceptors (Lipinski definition) is 3. The molecular formula is C13H20BrNOS. The Bertz CT molecular complexity index is 360. The van der Waals surface area contributed by atoms with E-state index in [1.807, 2.05) is 0 Å². The van der Waals surface area contributed by atoms with Crippen molar-refractivity contribution in [3.05, 3.63) is 20.8 Å². The standard InChI is InChI=1S/C13H20BrNOS/c1-10(11-4-5-12(14)17-11)15-8-13(9-16)6-2-3-7-13/h4-5,10,15-16H,2-3,6-9H2,1H3. The van der Waals surface area contributed by atoms with Crippen LogP contribution in [-0.4, -0.2) is 18.3 Å². The van der Waals surface area contributed by atoms with E-state index < -0.39 is 0 Å². The van der Waals surface area contributed by atoms with Crippen LogP contribution in [0.3, 0.4) is 0 Å². The molecule has 2 rings (SSSR count). The van der Waals surface area contributed by atoms with Crippen LogP contribution in [0.4, 0.5) is 0 Å². The fourth-order valence-corrected chi connectivity index (χ4v) is 4.00. The van der Waals surface area contributed by atoms with Crippen LogP contribution in [0.1, 0.15) is 43.5 Å². The minimum absolute atomic E-state index is 0.142. The Balaban J connectivity index is 1.89. The maximum atomic E-state index is 9.56. The van der Waals surface area contributed by atoms with Crippen LogP contribution in [-0.2, 0) is 0 Å². The fourth-order valence-electron chi connectivity index (χ4n) is 2.55. The van der Waals surface area contributed by atoms with E-state index in [1.165, 1.54) is 21.5 Å². The van der Waals surface area contributed by atoms with Crippen LogP contribution in [0.2, 0.25) is 0 Å². The minimum atomic E-state index is 0.142. The van der Waals surface area contributed by atoms with Crippen molar-refractivity contribution >= 4 is 27.3 Å². The molecule has 1 saturated carbocycles. The highest BCUT2D eigenvalue weighted by molar-refractivity contribution is 9.11. The summed E-state index contributed by atoms with van der Waals surface area (Å²) in [4.78, 5) is 1.35. The van der Waals surface area contributed by atoms with Crippen LogP contribution in [0.15, 0.2) is 15.9 Å². The first-order valence-electron chi connectivity index (χ1n) is 6.25. The molecule has 0 aromatic carbocycles. The summed E-state index contributed by atoms with van der Waals surface area (Å²) in [5.41, 5.74) is 0.142. The van der Waals surface area contributed by atoms with Gasteiger partial charge in [-0.05, 0) is 47.8 Å². The van der Waals surface area contributed by atoms with Crippen molar-refractivity contribution in [2.45, 2.75) is 38.6 Å². The second-order valence-corrected chi connectivity index (χ2v) is 7.60. The topological polar surface area (TPSA) is 32.3 Å². The lowest BCUT2D eigenvalue weighted by Gasteiger charge is -2.28. The van der Waals surface area contributed by atoms with Gasteiger partial charge in [0.1, 0.15) is 0 Å². The second-order valence-electron chi connectivity index (χ2n) is 5.11. The Labute approximate surface area is 116 Å². The quantitative estimate of drug-likeness (QED) is 0.867. The summed E-state index contributed by atoms with van der Waals surface area (Å²) in [5, 5.41) is 13.1. The van der Waals surface area contributed by atoms with Crippen molar-refractivity contribution in [1.82, 2.24) is 5.32 Å². The van der Waals surface area contributed by atoms with E-state index in [0.29, 0.717) is 12.6 Å². The summed E-state index contributed by atoms with van der Waals surface area (Å²) in [6.07, 6.45) is 4.86. The molecule has 0 saturated heterocycles. The molecule has 1 aromatic rings. The molecule has 0 spiro atoms. The normalized spacial score (nSPS) is 20.6. The first-order valence-corrected chi connectivity index (χ1v) is 7.86. The van der Waals surface area contributed by atoms with Gasteiger partial charge in [0.05, 0.1) is 3.79 Å². The summed E-state index contributed by atoms with van der Waals surface area (Å²) in [6.45, 7) is 3.44. The zero-order valence-corrected chi connectivity index (χ0v) is 12.6. The van der Waals surface area contributed by atoms with Crippen LogP contribution in [0.25, 0.3) is 0 Å². The number of aliphatic hydroxyl groups is 1. The molecule has 1 fully saturated rings. The predicted octanol–water partition coefficient (Wildman–Crippen LogP) is 3.71. The molecule has 1 unspecified atom stereocenters. The molecule has 2 N–H and O–H groups in total. The van der Waals surface area contributed by atoms with Gasteiger partial charge in [-0.15, -0.1) is 11.3 Å². The van der Waals surface area contributed by atoms with E-state index in [-0.39, 0.29) is 5.41 Å². The van der Waals surface area contributed by atoms with Crippen molar-refractivity contribution in [2.24, 2.45) is 5.41 Å². The van der Waals surface area contributed by atoms with Crippen LogP contribution in [0.5, 0.6) is 0 Å². The largest absolute Gasteiger partial charge is 0.396 e. The third-order valence-corrected chi connectivity index (χ3v) is 5.61. The highest BCUT2D eigenvalue weighted by atomic mass is 79.9. The summed E-state index contributed by atoms with van der Waals surface area (Å²) in [5.74, 6) is 0. The molecule has 1 heterocycles. The van der Waals surface area contributed by atoms with Gasteiger partial charge in [-0.3, -0.25) is 0 Å². The predicted molar refractivity (Wildman–Crippen MR) is 76.4 cm³/mol. The summed E-state index contributed by atoms with van der Waals surface area (Å²) >= 11 is 5.27. The molecule has 1 aromatic heterocycles. The number of hydrogen-bond donors (Lipinski definition) is 2. The lowest BCUT2D eigenvalue weighted by atomic mass is 9.87. The fraction of sp³-hybridized carbons (Fsp3) is 0.692. The van der Waals surface area contributed by atoms with Crippen LogP contribution in [0, 0.1) is 5.41 Å². The molecule has 17 heavy (non-hydrogen) atoms. The molecule has 4 heteroatoms. The van der Waals surface area contributed by atoms with Crippen molar-refractivity contribution in [2.75, 3.05) is 13.2 Å². The highest BCUT2D eigenvalue weighted by Crippen LogP contribution is 2.37. The van der Waals surface area contributed by atoms with E-state index in [0.717, 1.165) is 19.4 Å². The Hall–Kier alpha value is 0.1000. The Morgan fingerprint density at radius 3 is 2.71 bits per heavy atom. The minimum Gasteiger partial charge on any atom is -0.396 e. The van der Waals surface area contributed by atoms with Gasteiger partial charge in [-0.25, -0.2) is 0 Å². The zero-order valence-electron chi connectivity index (χ0n) is 10.2. The summed E-state index contributed by atoms with van der Waals surface area (Å²) in [6, 6.07) is 4.62. The average molecular weight is 318 g/mol. The zero-order chi connectivity index (χ0) is 12.3.